The molecule has 0 saturated carbocycles. The maximum absolute atomic E-state index is 5.95. The van der Waals surface area contributed by atoms with Crippen LogP contribution in [0.2, 0.25) is 0 Å². The second kappa shape index (κ2) is 8.80. The number of nitrogens with two attached hydrogens (primary N) is 2. The highest BCUT2D eigenvalue weighted by atomic mass is 15.2. The summed E-state index contributed by atoms with van der Waals surface area (Å²) in [7, 11) is 0. The Morgan fingerprint density at radius 2 is 1.46 bits per heavy atom. The summed E-state index contributed by atoms with van der Waals surface area (Å²) in [6, 6.07) is 15.6. The number of hydrogen-bond donors (Lipinski definition) is 4. The molecule has 0 amide bonds. The molecular weight excluding hydrogens is 324 g/mol. The Kier molecular flexibility index (Phi) is 5.98. The summed E-state index contributed by atoms with van der Waals surface area (Å²) in [5.74, 6) is 1.08. The van der Waals surface area contributed by atoms with E-state index in [1.54, 1.807) is 0 Å². The van der Waals surface area contributed by atoms with Crippen LogP contribution in [0.25, 0.3) is 0 Å². The van der Waals surface area contributed by atoms with Crippen LogP contribution < -0.4 is 27.1 Å². The lowest BCUT2D eigenvalue weighted by molar-refractivity contribution is 0.539. The van der Waals surface area contributed by atoms with Gasteiger partial charge in [0.25, 0.3) is 5.84 Å². The van der Waals surface area contributed by atoms with Gasteiger partial charge in [-0.15, -0.1) is 0 Å². The van der Waals surface area contributed by atoms with Crippen molar-refractivity contribution >= 4 is 28.6 Å². The van der Waals surface area contributed by atoms with E-state index in [0.29, 0.717) is 0 Å². The van der Waals surface area contributed by atoms with Crippen molar-refractivity contribution in [3.63, 3.8) is 0 Å². The lowest BCUT2D eigenvalue weighted by atomic mass is 10.2. The van der Waals surface area contributed by atoms with Crippen LogP contribution in [0.15, 0.2) is 60.9 Å². The standard InChI is InChI=1S/C20H26N6/c21-16-6-1-3-8-18(16)23-11-5-14-26-15-13-25-20(26)10-12-24-19-9-4-2-7-17(19)22/h1-4,6-9,13,15,23-24H,5,10-12,14,21-22H2/q+1. The van der Waals surface area contributed by atoms with Gasteiger partial charge in [0.1, 0.15) is 6.20 Å². The summed E-state index contributed by atoms with van der Waals surface area (Å²) < 4.78 is 0. The predicted molar refractivity (Wildman–Crippen MR) is 111 cm³/mol. The fourth-order valence-electron chi connectivity index (χ4n) is 2.87. The zero-order valence-corrected chi connectivity index (χ0v) is 14.9. The van der Waals surface area contributed by atoms with Crippen molar-refractivity contribution in [3.05, 3.63) is 60.9 Å². The largest absolute Gasteiger partial charge is 0.397 e. The molecule has 0 aromatic heterocycles. The molecule has 0 saturated heterocycles. The Morgan fingerprint density at radius 1 is 0.846 bits per heavy atom. The molecule has 0 atom stereocenters. The molecule has 2 aromatic rings. The molecule has 2 aromatic carbocycles. The first-order valence-electron chi connectivity index (χ1n) is 8.91. The number of nitrogens with one attached hydrogen (secondary N) is 2. The maximum atomic E-state index is 5.95. The topological polar surface area (TPSA) is 93.4 Å². The molecule has 0 unspecified atom stereocenters. The van der Waals surface area contributed by atoms with Gasteiger partial charge in [-0.3, -0.25) is 0 Å². The molecule has 1 aliphatic rings. The third-order valence-corrected chi connectivity index (χ3v) is 4.28. The zero-order valence-electron chi connectivity index (χ0n) is 14.9. The van der Waals surface area contributed by atoms with E-state index >= 15 is 0 Å². The van der Waals surface area contributed by atoms with Crippen LogP contribution in [0.1, 0.15) is 12.8 Å². The van der Waals surface area contributed by atoms with Crippen LogP contribution in [-0.2, 0) is 0 Å². The van der Waals surface area contributed by atoms with Gasteiger partial charge in [-0.1, -0.05) is 29.3 Å². The first kappa shape index (κ1) is 17.7. The fraction of sp³-hybridized carbons (Fsp3) is 0.250. The molecule has 0 fully saturated rings. The lowest BCUT2D eigenvalue weighted by Gasteiger charge is -2.13. The summed E-state index contributed by atoms with van der Waals surface area (Å²) in [5.41, 5.74) is 15.4. The van der Waals surface area contributed by atoms with Gasteiger partial charge in [-0.2, -0.15) is 0 Å². The van der Waals surface area contributed by atoms with Crippen molar-refractivity contribution in [2.75, 3.05) is 41.7 Å². The smallest absolute Gasteiger partial charge is 0.300 e. The average molecular weight is 350 g/mol. The predicted octanol–water partition coefficient (Wildman–Crippen LogP) is 2.68. The fourth-order valence-corrected chi connectivity index (χ4v) is 2.87. The Morgan fingerprint density at radius 3 is 2.12 bits per heavy atom. The number of nitrogens with zero attached hydrogens (tertiary/aromatic N) is 2. The van der Waals surface area contributed by atoms with E-state index in [1.807, 2.05) is 60.9 Å². The Labute approximate surface area is 154 Å². The van der Waals surface area contributed by atoms with E-state index in [4.69, 9.17) is 11.5 Å². The zero-order chi connectivity index (χ0) is 18.2. The van der Waals surface area contributed by atoms with Gasteiger partial charge < -0.3 is 22.1 Å². The van der Waals surface area contributed by atoms with Gasteiger partial charge in [-0.05, 0) is 24.3 Å². The highest BCUT2D eigenvalue weighted by Crippen LogP contribution is 2.17. The van der Waals surface area contributed by atoms with Crippen LogP contribution in [-0.4, -0.2) is 30.4 Å². The van der Waals surface area contributed by atoms with E-state index in [1.165, 1.54) is 0 Å². The SMILES string of the molecule is Nc1ccccc1NCCCN1C=C[N+]=C1CCNc1ccccc1N. The minimum absolute atomic E-state index is 0.766. The van der Waals surface area contributed by atoms with E-state index in [2.05, 4.69) is 20.5 Å². The molecule has 1 aliphatic heterocycles. The lowest BCUT2D eigenvalue weighted by Crippen LogP contribution is -2.29. The first-order valence-corrected chi connectivity index (χ1v) is 8.91. The van der Waals surface area contributed by atoms with Crippen molar-refractivity contribution in [2.45, 2.75) is 12.8 Å². The third-order valence-electron chi connectivity index (χ3n) is 4.28. The minimum atomic E-state index is 0.766. The van der Waals surface area contributed by atoms with Crippen LogP contribution in [0, 0.1) is 0 Å². The molecule has 6 heteroatoms. The van der Waals surface area contributed by atoms with Gasteiger partial charge in [0.05, 0.1) is 35.7 Å². The molecule has 3 rings (SSSR count). The number of para-hydroxylation sites is 4. The number of anilines is 4. The van der Waals surface area contributed by atoms with E-state index in [0.717, 1.165) is 61.1 Å². The Balaban J connectivity index is 1.39. The van der Waals surface area contributed by atoms with Crippen LogP contribution in [0.4, 0.5) is 22.7 Å². The number of benzene rings is 2. The molecule has 26 heavy (non-hydrogen) atoms. The van der Waals surface area contributed by atoms with Gasteiger partial charge in [0, 0.05) is 19.5 Å². The summed E-state index contributed by atoms with van der Waals surface area (Å²) in [4.78, 5) is 6.67. The highest BCUT2D eigenvalue weighted by Gasteiger charge is 2.22. The van der Waals surface area contributed by atoms with Gasteiger partial charge in [-0.25, -0.2) is 4.90 Å². The van der Waals surface area contributed by atoms with Crippen molar-refractivity contribution in [1.29, 1.82) is 0 Å². The van der Waals surface area contributed by atoms with E-state index < -0.39 is 0 Å². The molecule has 0 bridgehead atoms. The quantitative estimate of drug-likeness (QED) is 0.412. The van der Waals surface area contributed by atoms with Gasteiger partial charge in [0.2, 0.25) is 0 Å². The van der Waals surface area contributed by atoms with Crippen LogP contribution >= 0.6 is 0 Å². The van der Waals surface area contributed by atoms with Gasteiger partial charge >= 0.3 is 0 Å². The molecule has 0 spiro atoms. The molecule has 1 heterocycles. The normalized spacial score (nSPS) is 12.9. The first-order chi connectivity index (χ1) is 12.7. The molecule has 6 N–H and O–H groups in total. The van der Waals surface area contributed by atoms with Gasteiger partial charge in [0.15, 0.2) is 6.20 Å². The number of rotatable bonds is 9. The summed E-state index contributed by atoms with van der Waals surface area (Å²) in [6.07, 6.45) is 5.73. The minimum Gasteiger partial charge on any atom is -0.397 e. The second-order valence-electron chi connectivity index (χ2n) is 6.17. The average Bonchev–Trinajstić information content (AvgIpc) is 3.09. The summed E-state index contributed by atoms with van der Waals surface area (Å²) in [6.45, 7) is 2.58. The molecule has 135 valence electrons. The third kappa shape index (κ3) is 4.69. The Bertz CT molecular complexity index is 783. The molecule has 1 radical (unpaired) electrons. The van der Waals surface area contributed by atoms with E-state index in [9.17, 15) is 0 Å². The summed E-state index contributed by atoms with van der Waals surface area (Å²) in [5, 5.41) is 6.75. The van der Waals surface area contributed by atoms with Crippen molar-refractivity contribution in [3.8, 4) is 0 Å². The van der Waals surface area contributed by atoms with Crippen LogP contribution in [0.3, 0.4) is 0 Å². The van der Waals surface area contributed by atoms with E-state index in [-0.39, 0.29) is 0 Å². The monoisotopic (exact) mass is 350 g/mol. The second-order valence-corrected chi connectivity index (χ2v) is 6.17. The number of hydrogen-bond acceptors (Lipinski definition) is 6. The van der Waals surface area contributed by atoms with Crippen molar-refractivity contribution < 1.29 is 0 Å². The molecule has 0 aliphatic carbocycles. The van der Waals surface area contributed by atoms with Crippen molar-refractivity contribution in [1.82, 2.24) is 9.89 Å². The number of aliphatic imine (C=N–C) groups is 1. The number of nitrogen functional groups attached to an aromatic ring is 2. The molecule has 6 nitrogen and oxygen atoms in total. The van der Waals surface area contributed by atoms with Crippen molar-refractivity contribution in [2.24, 2.45) is 0 Å². The Hall–Kier alpha value is -3.15. The number of amidine groups is 1. The molecular formula is C20H26N6+. The highest BCUT2D eigenvalue weighted by molar-refractivity contribution is 5.84. The van der Waals surface area contributed by atoms with Crippen LogP contribution in [0.5, 0.6) is 0 Å². The summed E-state index contributed by atoms with van der Waals surface area (Å²) >= 11 is 0. The maximum Gasteiger partial charge on any atom is 0.300 e.